The van der Waals surface area contributed by atoms with Crippen LogP contribution in [0.25, 0.3) is 0 Å². The highest BCUT2D eigenvalue weighted by Gasteiger charge is 2.32. The maximum atomic E-state index is 12.7. The van der Waals surface area contributed by atoms with Crippen LogP contribution in [0.1, 0.15) is 36.7 Å². The molecule has 7 nitrogen and oxygen atoms in total. The highest BCUT2D eigenvalue weighted by molar-refractivity contribution is 5.89. The van der Waals surface area contributed by atoms with Crippen molar-refractivity contribution in [2.24, 2.45) is 0 Å². The zero-order valence-corrected chi connectivity index (χ0v) is 14.9. The Morgan fingerprint density at radius 3 is 2.74 bits per heavy atom. The Morgan fingerprint density at radius 2 is 1.93 bits per heavy atom. The predicted molar refractivity (Wildman–Crippen MR) is 98.0 cm³/mol. The van der Waals surface area contributed by atoms with E-state index in [1.54, 1.807) is 0 Å². The SMILES string of the molecule is CC(NC(=O)C1CC(=O)NC(c2ccccc2)N1)c1ccc2c(c1)OCO2. The molecular formula is C20H21N3O4. The van der Waals surface area contributed by atoms with Gasteiger partial charge < -0.3 is 20.1 Å². The summed E-state index contributed by atoms with van der Waals surface area (Å²) in [4.78, 5) is 24.8. The highest BCUT2D eigenvalue weighted by Crippen LogP contribution is 2.34. The topological polar surface area (TPSA) is 88.7 Å². The molecule has 1 fully saturated rings. The summed E-state index contributed by atoms with van der Waals surface area (Å²) in [6.07, 6.45) is -0.285. The lowest BCUT2D eigenvalue weighted by Gasteiger charge is -2.31. The van der Waals surface area contributed by atoms with Crippen LogP contribution >= 0.6 is 0 Å². The van der Waals surface area contributed by atoms with Crippen molar-refractivity contribution in [3.8, 4) is 11.5 Å². The first kappa shape index (κ1) is 17.4. The van der Waals surface area contributed by atoms with E-state index in [2.05, 4.69) is 16.0 Å². The molecule has 7 heteroatoms. The van der Waals surface area contributed by atoms with E-state index in [0.29, 0.717) is 11.5 Å². The summed E-state index contributed by atoms with van der Waals surface area (Å²) in [5.74, 6) is 1.01. The first-order chi connectivity index (χ1) is 13.1. The molecule has 3 N–H and O–H groups in total. The van der Waals surface area contributed by atoms with Crippen LogP contribution in [0.5, 0.6) is 11.5 Å². The van der Waals surface area contributed by atoms with Crippen LogP contribution < -0.4 is 25.4 Å². The van der Waals surface area contributed by atoms with Crippen molar-refractivity contribution < 1.29 is 19.1 Å². The van der Waals surface area contributed by atoms with E-state index in [-0.39, 0.29) is 37.2 Å². The molecule has 0 bridgehead atoms. The number of ether oxygens (including phenoxy) is 2. The first-order valence-electron chi connectivity index (χ1n) is 8.90. The molecule has 3 unspecified atom stereocenters. The maximum absolute atomic E-state index is 12.7. The Balaban J connectivity index is 1.43. The van der Waals surface area contributed by atoms with Crippen LogP contribution in [-0.2, 0) is 9.59 Å². The molecule has 2 aliphatic rings. The third-order valence-corrected chi connectivity index (χ3v) is 4.77. The van der Waals surface area contributed by atoms with E-state index in [9.17, 15) is 9.59 Å². The molecule has 0 aliphatic carbocycles. The van der Waals surface area contributed by atoms with Crippen molar-refractivity contribution in [1.29, 1.82) is 0 Å². The smallest absolute Gasteiger partial charge is 0.238 e. The normalized spacial score (nSPS) is 22.0. The summed E-state index contributed by atoms with van der Waals surface area (Å²) in [7, 11) is 0. The maximum Gasteiger partial charge on any atom is 0.238 e. The van der Waals surface area contributed by atoms with Crippen molar-refractivity contribution >= 4 is 11.8 Å². The third-order valence-electron chi connectivity index (χ3n) is 4.77. The fourth-order valence-electron chi connectivity index (χ4n) is 3.28. The lowest BCUT2D eigenvalue weighted by molar-refractivity contribution is -0.132. The summed E-state index contributed by atoms with van der Waals surface area (Å²) in [6, 6.07) is 14.3. The second-order valence-electron chi connectivity index (χ2n) is 6.68. The summed E-state index contributed by atoms with van der Waals surface area (Å²) in [5, 5.41) is 9.05. The molecule has 140 valence electrons. The molecule has 0 radical (unpaired) electrons. The Kier molecular flexibility index (Phi) is 4.68. The summed E-state index contributed by atoms with van der Waals surface area (Å²) in [6.45, 7) is 2.11. The van der Waals surface area contributed by atoms with E-state index in [4.69, 9.17) is 9.47 Å². The molecule has 3 atom stereocenters. The Hall–Kier alpha value is -3.06. The van der Waals surface area contributed by atoms with Gasteiger partial charge >= 0.3 is 0 Å². The van der Waals surface area contributed by atoms with Gasteiger partial charge in [-0.25, -0.2) is 0 Å². The van der Waals surface area contributed by atoms with E-state index in [0.717, 1.165) is 11.1 Å². The molecule has 4 rings (SSSR count). The lowest BCUT2D eigenvalue weighted by Crippen LogP contribution is -2.56. The Bertz CT molecular complexity index is 856. The highest BCUT2D eigenvalue weighted by atomic mass is 16.7. The molecular weight excluding hydrogens is 346 g/mol. The number of rotatable bonds is 4. The molecule has 0 aromatic heterocycles. The lowest BCUT2D eigenvalue weighted by atomic mass is 10.0. The largest absolute Gasteiger partial charge is 0.454 e. The molecule has 1 saturated heterocycles. The number of amides is 2. The van der Waals surface area contributed by atoms with Gasteiger partial charge in [0, 0.05) is 0 Å². The number of benzene rings is 2. The minimum atomic E-state index is -0.597. The summed E-state index contributed by atoms with van der Waals surface area (Å²) in [5.41, 5.74) is 1.82. The fourth-order valence-corrected chi connectivity index (χ4v) is 3.28. The predicted octanol–water partition coefficient (Wildman–Crippen LogP) is 1.77. The van der Waals surface area contributed by atoms with Gasteiger partial charge in [0.1, 0.15) is 6.17 Å². The van der Waals surface area contributed by atoms with Gasteiger partial charge in [-0.2, -0.15) is 0 Å². The van der Waals surface area contributed by atoms with Crippen LogP contribution in [0, 0.1) is 0 Å². The van der Waals surface area contributed by atoms with Gasteiger partial charge in [0.2, 0.25) is 18.6 Å². The quantitative estimate of drug-likeness (QED) is 0.767. The van der Waals surface area contributed by atoms with Gasteiger partial charge in [0.15, 0.2) is 11.5 Å². The molecule has 2 amide bonds. The van der Waals surface area contributed by atoms with Gasteiger partial charge in [0.25, 0.3) is 0 Å². The molecule has 0 saturated carbocycles. The monoisotopic (exact) mass is 367 g/mol. The van der Waals surface area contributed by atoms with Crippen LogP contribution in [0.4, 0.5) is 0 Å². The number of carbonyl (C=O) groups is 2. The van der Waals surface area contributed by atoms with Gasteiger partial charge in [-0.1, -0.05) is 36.4 Å². The van der Waals surface area contributed by atoms with E-state index in [1.165, 1.54) is 0 Å². The minimum absolute atomic E-state index is 0.100. The van der Waals surface area contributed by atoms with E-state index in [1.807, 2.05) is 55.5 Å². The number of fused-ring (bicyclic) bond motifs is 1. The van der Waals surface area contributed by atoms with Crippen molar-refractivity contribution in [2.45, 2.75) is 31.6 Å². The Morgan fingerprint density at radius 1 is 1.15 bits per heavy atom. The number of nitrogens with one attached hydrogen (secondary N) is 3. The first-order valence-corrected chi connectivity index (χ1v) is 8.90. The molecule has 2 aromatic carbocycles. The standard InChI is InChI=1S/C20H21N3O4/c1-12(14-7-8-16-17(9-14)27-11-26-16)21-20(25)15-10-18(24)23-19(22-15)13-5-3-2-4-6-13/h2-9,12,15,19,22H,10-11H2,1H3,(H,21,25)(H,23,24). The molecule has 2 heterocycles. The van der Waals surface area contributed by atoms with Crippen LogP contribution in [0.3, 0.4) is 0 Å². The second-order valence-corrected chi connectivity index (χ2v) is 6.68. The fraction of sp³-hybridized carbons (Fsp3) is 0.300. The summed E-state index contributed by atoms with van der Waals surface area (Å²) < 4.78 is 10.7. The van der Waals surface area contributed by atoms with Crippen LogP contribution in [-0.4, -0.2) is 24.6 Å². The van der Waals surface area contributed by atoms with Gasteiger partial charge in [0.05, 0.1) is 18.5 Å². The molecule has 2 aromatic rings. The van der Waals surface area contributed by atoms with Crippen molar-refractivity contribution in [3.05, 3.63) is 59.7 Å². The number of hydrogen-bond acceptors (Lipinski definition) is 5. The van der Waals surface area contributed by atoms with Gasteiger partial charge in [-0.05, 0) is 30.2 Å². The minimum Gasteiger partial charge on any atom is -0.454 e. The van der Waals surface area contributed by atoms with Gasteiger partial charge in [-0.3, -0.25) is 14.9 Å². The molecule has 27 heavy (non-hydrogen) atoms. The third kappa shape index (κ3) is 3.73. The van der Waals surface area contributed by atoms with Crippen molar-refractivity contribution in [1.82, 2.24) is 16.0 Å². The second kappa shape index (κ2) is 7.28. The van der Waals surface area contributed by atoms with Crippen molar-refractivity contribution in [2.75, 3.05) is 6.79 Å². The zero-order chi connectivity index (χ0) is 18.8. The average Bonchev–Trinajstić information content (AvgIpc) is 3.16. The van der Waals surface area contributed by atoms with E-state index < -0.39 is 6.04 Å². The van der Waals surface area contributed by atoms with Gasteiger partial charge in [-0.15, -0.1) is 0 Å². The summed E-state index contributed by atoms with van der Waals surface area (Å²) >= 11 is 0. The van der Waals surface area contributed by atoms with E-state index >= 15 is 0 Å². The number of carbonyl (C=O) groups excluding carboxylic acids is 2. The molecule has 2 aliphatic heterocycles. The van der Waals surface area contributed by atoms with Crippen molar-refractivity contribution in [3.63, 3.8) is 0 Å². The zero-order valence-electron chi connectivity index (χ0n) is 14.9. The Labute approximate surface area is 157 Å². The number of hydrogen-bond donors (Lipinski definition) is 3. The van der Waals surface area contributed by atoms with Crippen LogP contribution in [0.15, 0.2) is 48.5 Å². The molecule has 0 spiro atoms. The average molecular weight is 367 g/mol. The van der Waals surface area contributed by atoms with Crippen LogP contribution in [0.2, 0.25) is 0 Å².